The number of hydrogen-bond acceptors (Lipinski definition) is 0. The van der Waals surface area contributed by atoms with Gasteiger partial charge in [0, 0.05) is 0 Å². The SMILES string of the molecule is C=CC(C=C)=C(/C=C\C)C(C)C. The van der Waals surface area contributed by atoms with Gasteiger partial charge in [-0.2, -0.15) is 0 Å². The van der Waals surface area contributed by atoms with Crippen molar-refractivity contribution >= 4 is 0 Å². The Bertz CT molecular complexity index is 204. The van der Waals surface area contributed by atoms with Crippen molar-refractivity contribution < 1.29 is 0 Å². The Kier molecular flexibility index (Phi) is 5.11. The second-order valence-corrected chi connectivity index (χ2v) is 2.97. The predicted octanol–water partition coefficient (Wildman–Crippen LogP) is 3.89. The molecule has 0 saturated carbocycles. The first-order valence-corrected chi connectivity index (χ1v) is 4.29. The summed E-state index contributed by atoms with van der Waals surface area (Å²) >= 11 is 0. The topological polar surface area (TPSA) is 0 Å². The molecule has 0 amide bonds. The Hall–Kier alpha value is -1.04. The molecular formula is C12H18. The van der Waals surface area contributed by atoms with Crippen LogP contribution >= 0.6 is 0 Å². The first kappa shape index (κ1) is 11.0. The first-order valence-electron chi connectivity index (χ1n) is 4.29. The van der Waals surface area contributed by atoms with Gasteiger partial charge in [-0.05, 0) is 24.0 Å². The summed E-state index contributed by atoms with van der Waals surface area (Å²) in [7, 11) is 0. The van der Waals surface area contributed by atoms with Crippen molar-refractivity contribution in [2.45, 2.75) is 20.8 Å². The van der Waals surface area contributed by atoms with Gasteiger partial charge in [-0.1, -0.05) is 51.3 Å². The van der Waals surface area contributed by atoms with E-state index in [1.165, 1.54) is 5.57 Å². The highest BCUT2D eigenvalue weighted by Crippen LogP contribution is 2.17. The van der Waals surface area contributed by atoms with Crippen molar-refractivity contribution in [3.05, 3.63) is 48.6 Å². The smallest absolute Gasteiger partial charge is 0.0213 e. The Morgan fingerprint density at radius 3 is 1.92 bits per heavy atom. The van der Waals surface area contributed by atoms with E-state index in [0.29, 0.717) is 5.92 Å². The Morgan fingerprint density at radius 2 is 1.67 bits per heavy atom. The summed E-state index contributed by atoms with van der Waals surface area (Å²) in [5, 5.41) is 0. The number of rotatable bonds is 4. The molecule has 0 aromatic carbocycles. The van der Waals surface area contributed by atoms with Gasteiger partial charge in [0.2, 0.25) is 0 Å². The van der Waals surface area contributed by atoms with E-state index < -0.39 is 0 Å². The van der Waals surface area contributed by atoms with E-state index in [1.807, 2.05) is 25.2 Å². The molecule has 0 spiro atoms. The second kappa shape index (κ2) is 5.59. The van der Waals surface area contributed by atoms with Crippen LogP contribution in [0.2, 0.25) is 0 Å². The lowest BCUT2D eigenvalue weighted by molar-refractivity contribution is 0.786. The quantitative estimate of drug-likeness (QED) is 0.550. The second-order valence-electron chi connectivity index (χ2n) is 2.97. The maximum atomic E-state index is 3.75. The molecule has 0 aliphatic rings. The van der Waals surface area contributed by atoms with E-state index in [2.05, 4.69) is 33.1 Å². The Morgan fingerprint density at radius 1 is 1.17 bits per heavy atom. The van der Waals surface area contributed by atoms with Crippen LogP contribution in [0.1, 0.15) is 20.8 Å². The molecule has 0 heterocycles. The fraction of sp³-hybridized carbons (Fsp3) is 0.333. The van der Waals surface area contributed by atoms with Crippen LogP contribution in [-0.2, 0) is 0 Å². The molecule has 0 unspecified atom stereocenters. The molecule has 0 saturated heterocycles. The first-order chi connectivity index (χ1) is 5.67. The van der Waals surface area contributed by atoms with Gasteiger partial charge >= 0.3 is 0 Å². The summed E-state index contributed by atoms with van der Waals surface area (Å²) in [6, 6.07) is 0. The van der Waals surface area contributed by atoms with Gasteiger partial charge in [0.05, 0.1) is 0 Å². The fourth-order valence-electron chi connectivity index (χ4n) is 1.12. The molecule has 0 fully saturated rings. The minimum absolute atomic E-state index is 0.521. The fourth-order valence-corrected chi connectivity index (χ4v) is 1.12. The molecule has 0 aliphatic carbocycles. The van der Waals surface area contributed by atoms with Crippen molar-refractivity contribution in [3.63, 3.8) is 0 Å². The normalized spacial score (nSPS) is 10.3. The lowest BCUT2D eigenvalue weighted by Gasteiger charge is -2.09. The van der Waals surface area contributed by atoms with Gasteiger partial charge in [0.1, 0.15) is 0 Å². The van der Waals surface area contributed by atoms with Crippen LogP contribution < -0.4 is 0 Å². The lowest BCUT2D eigenvalue weighted by Crippen LogP contribution is -1.93. The molecule has 0 aromatic heterocycles. The molecule has 0 radical (unpaired) electrons. The van der Waals surface area contributed by atoms with Crippen LogP contribution in [0, 0.1) is 5.92 Å². The van der Waals surface area contributed by atoms with E-state index in [1.54, 1.807) is 0 Å². The summed E-state index contributed by atoms with van der Waals surface area (Å²) in [6.07, 6.45) is 7.86. The van der Waals surface area contributed by atoms with Gasteiger partial charge < -0.3 is 0 Å². The minimum Gasteiger partial charge on any atom is -0.0985 e. The maximum absolute atomic E-state index is 3.75. The average Bonchev–Trinajstić information content (AvgIpc) is 2.05. The van der Waals surface area contributed by atoms with Crippen LogP contribution in [0.15, 0.2) is 48.6 Å². The Labute approximate surface area is 76.0 Å². The molecule has 0 bridgehead atoms. The van der Waals surface area contributed by atoms with E-state index in [-0.39, 0.29) is 0 Å². The summed E-state index contributed by atoms with van der Waals surface area (Å²) in [6.45, 7) is 13.9. The summed E-state index contributed by atoms with van der Waals surface area (Å²) in [5.41, 5.74) is 2.42. The van der Waals surface area contributed by atoms with E-state index in [4.69, 9.17) is 0 Å². The minimum atomic E-state index is 0.521. The zero-order valence-electron chi connectivity index (χ0n) is 8.30. The molecule has 0 atom stereocenters. The molecule has 0 rings (SSSR count). The lowest BCUT2D eigenvalue weighted by atomic mass is 9.97. The summed E-state index contributed by atoms with van der Waals surface area (Å²) < 4.78 is 0. The van der Waals surface area contributed by atoms with Crippen LogP contribution in [0.25, 0.3) is 0 Å². The van der Waals surface area contributed by atoms with Gasteiger partial charge in [-0.25, -0.2) is 0 Å². The van der Waals surface area contributed by atoms with Crippen LogP contribution in [0.4, 0.5) is 0 Å². The highest BCUT2D eigenvalue weighted by molar-refractivity contribution is 5.39. The number of allylic oxidation sites excluding steroid dienone is 6. The zero-order valence-corrected chi connectivity index (χ0v) is 8.30. The molecule has 0 aromatic rings. The molecule has 66 valence electrons. The maximum Gasteiger partial charge on any atom is -0.0213 e. The highest BCUT2D eigenvalue weighted by Gasteiger charge is 2.01. The monoisotopic (exact) mass is 162 g/mol. The molecule has 12 heavy (non-hydrogen) atoms. The Balaban J connectivity index is 5.01. The van der Waals surface area contributed by atoms with Crippen LogP contribution in [0.5, 0.6) is 0 Å². The van der Waals surface area contributed by atoms with Crippen molar-refractivity contribution in [3.8, 4) is 0 Å². The van der Waals surface area contributed by atoms with Crippen LogP contribution in [0.3, 0.4) is 0 Å². The van der Waals surface area contributed by atoms with E-state index >= 15 is 0 Å². The van der Waals surface area contributed by atoms with Crippen molar-refractivity contribution in [1.82, 2.24) is 0 Å². The largest absolute Gasteiger partial charge is 0.0985 e. The molecule has 0 heteroatoms. The van der Waals surface area contributed by atoms with Crippen molar-refractivity contribution in [2.75, 3.05) is 0 Å². The van der Waals surface area contributed by atoms with Gasteiger partial charge in [0.15, 0.2) is 0 Å². The molecule has 0 N–H and O–H groups in total. The van der Waals surface area contributed by atoms with E-state index in [9.17, 15) is 0 Å². The molecule has 0 aliphatic heterocycles. The predicted molar refractivity (Wildman–Crippen MR) is 57.1 cm³/mol. The van der Waals surface area contributed by atoms with Gasteiger partial charge in [-0.15, -0.1) is 0 Å². The summed E-state index contributed by atoms with van der Waals surface area (Å²) in [4.78, 5) is 0. The third-order valence-electron chi connectivity index (χ3n) is 1.74. The highest BCUT2D eigenvalue weighted by atomic mass is 14.1. The standard InChI is InChI=1S/C12H18/c1-6-9-12(10(4)5)11(7-2)8-3/h6-10H,2-3H2,1,4-5H3/b9-6-. The third-order valence-corrected chi connectivity index (χ3v) is 1.74. The van der Waals surface area contributed by atoms with Gasteiger partial charge in [0.25, 0.3) is 0 Å². The summed E-state index contributed by atoms with van der Waals surface area (Å²) in [5.74, 6) is 0.521. The van der Waals surface area contributed by atoms with Crippen molar-refractivity contribution in [1.29, 1.82) is 0 Å². The third kappa shape index (κ3) is 2.91. The zero-order chi connectivity index (χ0) is 9.56. The average molecular weight is 162 g/mol. The number of hydrogen-bond donors (Lipinski definition) is 0. The van der Waals surface area contributed by atoms with Crippen LogP contribution in [-0.4, -0.2) is 0 Å². The van der Waals surface area contributed by atoms with E-state index in [0.717, 1.165) is 5.57 Å². The molecule has 0 nitrogen and oxygen atoms in total. The van der Waals surface area contributed by atoms with Crippen molar-refractivity contribution in [2.24, 2.45) is 5.92 Å². The van der Waals surface area contributed by atoms with Gasteiger partial charge in [-0.3, -0.25) is 0 Å². The molecular weight excluding hydrogens is 144 g/mol.